The third-order valence-electron chi connectivity index (χ3n) is 3.60. The van der Waals surface area contributed by atoms with Gasteiger partial charge in [-0.25, -0.2) is 9.97 Å². The Morgan fingerprint density at radius 1 is 1.11 bits per heavy atom. The van der Waals surface area contributed by atoms with Crippen LogP contribution in [-0.4, -0.2) is 23.0 Å². The fourth-order valence-corrected chi connectivity index (χ4v) is 2.44. The van der Waals surface area contributed by atoms with Gasteiger partial charge in [0.1, 0.15) is 17.8 Å². The highest BCUT2D eigenvalue weighted by molar-refractivity contribution is 6.30. The molecule has 0 atom stereocenters. The number of rotatable bonds is 6. The first-order valence-electron chi connectivity index (χ1n) is 7.90. The summed E-state index contributed by atoms with van der Waals surface area (Å²) in [5.41, 5.74) is 12.7. The number of aromatic nitrogens is 2. The minimum Gasteiger partial charge on any atom is -0.497 e. The van der Waals surface area contributed by atoms with E-state index in [0.717, 1.165) is 5.69 Å². The van der Waals surface area contributed by atoms with Crippen molar-refractivity contribution in [1.82, 2.24) is 15.4 Å². The second-order valence-corrected chi connectivity index (χ2v) is 5.87. The Bertz CT molecular complexity index is 966. The standard InChI is InChI=1S/C18H17ClN6O2/c1-27-14-7-3-6-13(9-14)23-16-15(20)17(22-10-21-16)24-25-18(26)11-4-2-5-12(19)8-11/h2-10H,20H2,1H3,(H,25,26)(H2,21,22,23,24). The van der Waals surface area contributed by atoms with Crippen LogP contribution >= 0.6 is 11.6 Å². The van der Waals surface area contributed by atoms with Crippen LogP contribution in [0.25, 0.3) is 0 Å². The number of carbonyl (C=O) groups excluding carboxylic acids is 1. The molecule has 5 N–H and O–H groups in total. The largest absolute Gasteiger partial charge is 0.497 e. The summed E-state index contributed by atoms with van der Waals surface area (Å²) in [5.74, 6) is 0.959. The monoisotopic (exact) mass is 384 g/mol. The van der Waals surface area contributed by atoms with Gasteiger partial charge in [0.05, 0.1) is 7.11 Å². The number of amides is 1. The van der Waals surface area contributed by atoms with E-state index < -0.39 is 0 Å². The molecule has 2 aromatic carbocycles. The molecule has 0 fully saturated rings. The van der Waals surface area contributed by atoms with Gasteiger partial charge in [0.25, 0.3) is 5.91 Å². The van der Waals surface area contributed by atoms with E-state index in [1.165, 1.54) is 6.33 Å². The highest BCUT2D eigenvalue weighted by Crippen LogP contribution is 2.27. The summed E-state index contributed by atoms with van der Waals surface area (Å²) in [6, 6.07) is 13.9. The topological polar surface area (TPSA) is 114 Å². The molecule has 1 heterocycles. The third kappa shape index (κ3) is 4.56. The van der Waals surface area contributed by atoms with Crippen molar-refractivity contribution >= 4 is 40.5 Å². The Labute approximate surface area is 160 Å². The maximum Gasteiger partial charge on any atom is 0.269 e. The number of nitrogens with two attached hydrogens (primary N) is 1. The zero-order valence-electron chi connectivity index (χ0n) is 14.4. The van der Waals surface area contributed by atoms with Crippen LogP contribution in [0.1, 0.15) is 10.4 Å². The number of hydrogen-bond acceptors (Lipinski definition) is 7. The first-order valence-corrected chi connectivity index (χ1v) is 8.28. The molecular weight excluding hydrogens is 368 g/mol. The number of anilines is 4. The number of hydrogen-bond donors (Lipinski definition) is 4. The highest BCUT2D eigenvalue weighted by Gasteiger charge is 2.11. The van der Waals surface area contributed by atoms with E-state index in [4.69, 9.17) is 22.1 Å². The number of ether oxygens (including phenoxy) is 1. The van der Waals surface area contributed by atoms with Crippen molar-refractivity contribution in [3.8, 4) is 5.75 Å². The van der Waals surface area contributed by atoms with Crippen LogP contribution in [-0.2, 0) is 0 Å². The zero-order chi connectivity index (χ0) is 19.2. The quantitative estimate of drug-likeness (QED) is 0.482. The van der Waals surface area contributed by atoms with Gasteiger partial charge in [-0.3, -0.25) is 15.6 Å². The number of nitrogen functional groups attached to an aromatic ring is 1. The number of methoxy groups -OCH3 is 1. The fourth-order valence-electron chi connectivity index (χ4n) is 2.25. The van der Waals surface area contributed by atoms with Crippen molar-refractivity contribution in [1.29, 1.82) is 0 Å². The molecule has 0 saturated heterocycles. The van der Waals surface area contributed by atoms with Crippen LogP contribution in [0.3, 0.4) is 0 Å². The van der Waals surface area contributed by atoms with Crippen LogP contribution in [0.4, 0.5) is 23.0 Å². The molecule has 9 heteroatoms. The minimum absolute atomic E-state index is 0.242. The Hall–Kier alpha value is -3.52. The molecule has 0 aliphatic heterocycles. The number of carbonyl (C=O) groups is 1. The van der Waals surface area contributed by atoms with Crippen molar-refractivity contribution in [3.05, 3.63) is 65.4 Å². The van der Waals surface area contributed by atoms with Gasteiger partial charge in [0.2, 0.25) is 0 Å². The van der Waals surface area contributed by atoms with Crippen molar-refractivity contribution in [2.24, 2.45) is 0 Å². The first kappa shape index (κ1) is 18.3. The fraction of sp³-hybridized carbons (Fsp3) is 0.0556. The molecule has 3 aromatic rings. The molecule has 1 amide bonds. The van der Waals surface area contributed by atoms with E-state index in [1.807, 2.05) is 18.2 Å². The van der Waals surface area contributed by atoms with E-state index in [0.29, 0.717) is 22.2 Å². The lowest BCUT2D eigenvalue weighted by Gasteiger charge is -2.13. The number of hydrazine groups is 1. The summed E-state index contributed by atoms with van der Waals surface area (Å²) in [7, 11) is 1.59. The normalized spacial score (nSPS) is 10.1. The molecule has 8 nitrogen and oxygen atoms in total. The van der Waals surface area contributed by atoms with Gasteiger partial charge in [-0.15, -0.1) is 0 Å². The van der Waals surface area contributed by atoms with Crippen LogP contribution in [0.15, 0.2) is 54.9 Å². The van der Waals surface area contributed by atoms with Crippen LogP contribution in [0.5, 0.6) is 5.75 Å². The molecule has 0 bridgehead atoms. The van der Waals surface area contributed by atoms with Crippen molar-refractivity contribution < 1.29 is 9.53 Å². The average Bonchev–Trinajstić information content (AvgIpc) is 2.68. The second-order valence-electron chi connectivity index (χ2n) is 5.43. The van der Waals surface area contributed by atoms with Crippen molar-refractivity contribution in [2.75, 3.05) is 23.6 Å². The van der Waals surface area contributed by atoms with Crippen LogP contribution in [0.2, 0.25) is 5.02 Å². The Morgan fingerprint density at radius 2 is 1.89 bits per heavy atom. The summed E-state index contributed by atoms with van der Waals surface area (Å²) in [5, 5.41) is 3.55. The molecule has 138 valence electrons. The molecule has 27 heavy (non-hydrogen) atoms. The van der Waals surface area contributed by atoms with E-state index in [1.54, 1.807) is 37.4 Å². The lowest BCUT2D eigenvalue weighted by molar-refractivity contribution is 0.0962. The maximum absolute atomic E-state index is 12.2. The molecule has 0 spiro atoms. The smallest absolute Gasteiger partial charge is 0.269 e. The zero-order valence-corrected chi connectivity index (χ0v) is 15.1. The number of nitrogens with one attached hydrogen (secondary N) is 3. The summed E-state index contributed by atoms with van der Waals surface area (Å²) in [6.07, 6.45) is 1.33. The van der Waals surface area contributed by atoms with Crippen molar-refractivity contribution in [3.63, 3.8) is 0 Å². The number of nitrogens with zero attached hydrogens (tertiary/aromatic N) is 2. The van der Waals surface area contributed by atoms with Gasteiger partial charge in [-0.2, -0.15) is 0 Å². The predicted octanol–water partition coefficient (Wildman–Crippen LogP) is 3.22. The van der Waals surface area contributed by atoms with Gasteiger partial charge in [-0.1, -0.05) is 23.7 Å². The Morgan fingerprint density at radius 3 is 2.67 bits per heavy atom. The maximum atomic E-state index is 12.2. The Balaban J connectivity index is 1.72. The molecule has 0 saturated carbocycles. The summed E-state index contributed by atoms with van der Waals surface area (Å²) in [6.45, 7) is 0. The number of benzene rings is 2. The van der Waals surface area contributed by atoms with Gasteiger partial charge < -0.3 is 15.8 Å². The SMILES string of the molecule is COc1cccc(Nc2ncnc(NNC(=O)c3cccc(Cl)c3)c2N)c1. The highest BCUT2D eigenvalue weighted by atomic mass is 35.5. The van der Waals surface area contributed by atoms with Gasteiger partial charge in [0.15, 0.2) is 11.6 Å². The van der Waals surface area contributed by atoms with E-state index in [-0.39, 0.29) is 17.4 Å². The molecule has 3 rings (SSSR count). The van der Waals surface area contributed by atoms with Crippen LogP contribution < -0.4 is 26.6 Å². The lowest BCUT2D eigenvalue weighted by atomic mass is 10.2. The van der Waals surface area contributed by atoms with Crippen LogP contribution in [0, 0.1) is 0 Å². The summed E-state index contributed by atoms with van der Waals surface area (Å²) in [4.78, 5) is 20.4. The molecule has 0 unspecified atom stereocenters. The predicted molar refractivity (Wildman–Crippen MR) is 105 cm³/mol. The number of halogens is 1. The molecular formula is C18H17ClN6O2. The minimum atomic E-state index is -0.377. The van der Waals surface area contributed by atoms with E-state index >= 15 is 0 Å². The van der Waals surface area contributed by atoms with E-state index in [9.17, 15) is 4.79 Å². The van der Waals surface area contributed by atoms with Gasteiger partial charge in [-0.05, 0) is 30.3 Å². The second kappa shape index (κ2) is 8.24. The van der Waals surface area contributed by atoms with Crippen molar-refractivity contribution in [2.45, 2.75) is 0 Å². The first-order chi connectivity index (χ1) is 13.1. The summed E-state index contributed by atoms with van der Waals surface area (Å²) >= 11 is 5.89. The lowest BCUT2D eigenvalue weighted by Crippen LogP contribution is -2.30. The van der Waals surface area contributed by atoms with E-state index in [2.05, 4.69) is 26.1 Å². The molecule has 0 radical (unpaired) electrons. The van der Waals surface area contributed by atoms with Gasteiger partial charge in [0, 0.05) is 22.3 Å². The molecule has 0 aliphatic carbocycles. The average molecular weight is 385 g/mol. The van der Waals surface area contributed by atoms with Gasteiger partial charge >= 0.3 is 0 Å². The third-order valence-corrected chi connectivity index (χ3v) is 3.83. The Kier molecular flexibility index (Phi) is 5.58. The summed E-state index contributed by atoms with van der Waals surface area (Å²) < 4.78 is 5.19. The molecule has 1 aromatic heterocycles. The molecule has 0 aliphatic rings.